The summed E-state index contributed by atoms with van der Waals surface area (Å²) in [7, 11) is 1.27. The second-order valence-corrected chi connectivity index (χ2v) is 14.5. The number of rotatable bonds is 5. The van der Waals surface area contributed by atoms with Crippen molar-refractivity contribution < 1.29 is 32.3 Å². The van der Waals surface area contributed by atoms with Crippen molar-refractivity contribution in [3.8, 4) is 11.1 Å². The van der Waals surface area contributed by atoms with Crippen LogP contribution in [0.1, 0.15) is 87.3 Å². The van der Waals surface area contributed by atoms with Crippen molar-refractivity contribution in [1.82, 2.24) is 4.90 Å². The number of carbonyl (C=O) groups excluding carboxylic acids is 4. The Balaban J connectivity index is 1.12. The molecule has 1 aliphatic carbocycles. The molecule has 0 fully saturated rings. The van der Waals surface area contributed by atoms with E-state index in [1.165, 1.54) is 31.3 Å². The summed E-state index contributed by atoms with van der Waals surface area (Å²) in [5, 5.41) is 0. The lowest BCUT2D eigenvalue weighted by Crippen LogP contribution is -2.41. The number of hydrogen-bond donors (Lipinski definition) is 0. The molecular weight excluding hydrogens is 702 g/mol. The summed E-state index contributed by atoms with van der Waals surface area (Å²) in [5.74, 6) is -2.70. The average molecular weight is 733 g/mol. The van der Waals surface area contributed by atoms with Gasteiger partial charge in [-0.1, -0.05) is 103 Å². The minimum Gasteiger partial charge on any atom is -0.277 e. The number of carbonyl (C=O) groups is 4. The van der Waals surface area contributed by atoms with E-state index in [0.717, 1.165) is 67.8 Å². The maximum Gasteiger partial charge on any atom is 0.402 e. The van der Waals surface area contributed by atoms with Gasteiger partial charge in [0.1, 0.15) is 5.41 Å². The fourth-order valence-corrected chi connectivity index (χ4v) is 8.64. The van der Waals surface area contributed by atoms with E-state index in [-0.39, 0.29) is 39.1 Å². The first-order valence-corrected chi connectivity index (χ1v) is 17.7. The number of halogens is 3. The number of hydrogen-bond acceptors (Lipinski definition) is 4. The molecule has 6 aromatic rings. The number of nitrogens with zero attached hydrogens (tertiary/aromatic N) is 2. The van der Waals surface area contributed by atoms with E-state index in [0.29, 0.717) is 0 Å². The maximum absolute atomic E-state index is 15.1. The second-order valence-electron chi connectivity index (χ2n) is 14.5. The lowest BCUT2D eigenvalue weighted by molar-refractivity contribution is -0.173. The Morgan fingerprint density at radius 1 is 0.509 bits per heavy atom. The van der Waals surface area contributed by atoms with Gasteiger partial charge in [0.15, 0.2) is 0 Å². The summed E-state index contributed by atoms with van der Waals surface area (Å²) in [5.41, 5.74) is 3.50. The molecule has 55 heavy (non-hydrogen) atoms. The quantitative estimate of drug-likeness (QED) is 0.166. The molecule has 6 aromatic carbocycles. The fraction of sp³-hybridized carbons (Fsp3) is 0.130. The molecule has 9 heteroatoms. The van der Waals surface area contributed by atoms with Gasteiger partial charge >= 0.3 is 6.18 Å². The van der Waals surface area contributed by atoms with Crippen LogP contribution in [0.5, 0.6) is 0 Å². The molecule has 270 valence electrons. The SMILES string of the molecule is Cc1ccc(C2(c3ccc(N4C(=O)c5ccc(C(C)(c6ccc7c(c6)C(=O)N(C)C7=O)C(F)(F)F)cc5C4=O)cc3)c3ccccc3-c3ccccc32)cc1. The van der Waals surface area contributed by atoms with Crippen molar-refractivity contribution in [3.05, 3.63) is 195 Å². The molecule has 0 spiro atoms. The molecule has 0 radical (unpaired) electrons. The number of amides is 4. The highest BCUT2D eigenvalue weighted by molar-refractivity contribution is 6.34. The van der Waals surface area contributed by atoms with Gasteiger partial charge in [-0.25, -0.2) is 4.90 Å². The minimum atomic E-state index is -4.89. The molecule has 6 nitrogen and oxygen atoms in total. The fourth-order valence-electron chi connectivity index (χ4n) is 8.64. The third-order valence-electron chi connectivity index (χ3n) is 11.7. The van der Waals surface area contributed by atoms with Crippen LogP contribution >= 0.6 is 0 Å². The van der Waals surface area contributed by atoms with E-state index in [9.17, 15) is 19.2 Å². The van der Waals surface area contributed by atoms with Crippen molar-refractivity contribution in [2.75, 3.05) is 11.9 Å². The molecule has 1 atom stereocenters. The summed E-state index contributed by atoms with van der Waals surface area (Å²) < 4.78 is 45.4. The molecule has 0 N–H and O–H groups in total. The van der Waals surface area contributed by atoms with E-state index in [1.54, 1.807) is 12.1 Å². The van der Waals surface area contributed by atoms with Crippen LogP contribution in [0.3, 0.4) is 0 Å². The highest BCUT2D eigenvalue weighted by Gasteiger charge is 2.55. The van der Waals surface area contributed by atoms with Gasteiger partial charge in [-0.05, 0) is 94.8 Å². The summed E-state index contributed by atoms with van der Waals surface area (Å²) >= 11 is 0. The average Bonchev–Trinajstić information content (AvgIpc) is 3.72. The van der Waals surface area contributed by atoms with Gasteiger partial charge in [0.05, 0.1) is 33.4 Å². The Bertz CT molecular complexity index is 2620. The predicted molar refractivity (Wildman–Crippen MR) is 201 cm³/mol. The van der Waals surface area contributed by atoms with Crippen molar-refractivity contribution in [3.63, 3.8) is 0 Å². The molecule has 3 aliphatic rings. The Kier molecular flexibility index (Phi) is 7.27. The van der Waals surface area contributed by atoms with Gasteiger partial charge in [-0.15, -0.1) is 0 Å². The second kappa shape index (κ2) is 11.7. The molecule has 0 bridgehead atoms. The van der Waals surface area contributed by atoms with Crippen LogP contribution in [0, 0.1) is 6.92 Å². The monoisotopic (exact) mass is 732 g/mol. The molecule has 4 amide bonds. The molecular formula is C46H31F3N2O4. The van der Waals surface area contributed by atoms with Crippen LogP contribution < -0.4 is 4.90 Å². The first-order valence-electron chi connectivity index (χ1n) is 17.7. The molecule has 2 heterocycles. The number of aryl methyl sites for hydroxylation is 1. The summed E-state index contributed by atoms with van der Waals surface area (Å²) in [6.45, 7) is 3.00. The van der Waals surface area contributed by atoms with Gasteiger partial charge in [0.25, 0.3) is 23.6 Å². The van der Waals surface area contributed by atoms with Gasteiger partial charge < -0.3 is 0 Å². The predicted octanol–water partition coefficient (Wildman–Crippen LogP) is 9.25. The molecule has 0 aromatic heterocycles. The Labute approximate surface area is 314 Å². The van der Waals surface area contributed by atoms with E-state index >= 15 is 13.2 Å². The van der Waals surface area contributed by atoms with Gasteiger partial charge in [0, 0.05) is 7.05 Å². The Hall–Kier alpha value is -6.61. The molecule has 1 unspecified atom stereocenters. The minimum absolute atomic E-state index is 0.0169. The zero-order chi connectivity index (χ0) is 38.6. The summed E-state index contributed by atoms with van der Waals surface area (Å²) in [6, 6.07) is 39.2. The zero-order valence-corrected chi connectivity index (χ0v) is 29.9. The van der Waals surface area contributed by atoms with Crippen molar-refractivity contribution in [1.29, 1.82) is 0 Å². The van der Waals surface area contributed by atoms with Crippen molar-refractivity contribution >= 4 is 29.3 Å². The smallest absolute Gasteiger partial charge is 0.277 e. The van der Waals surface area contributed by atoms with Crippen LogP contribution in [-0.4, -0.2) is 41.8 Å². The summed E-state index contributed by atoms with van der Waals surface area (Å²) in [4.78, 5) is 54.9. The van der Waals surface area contributed by atoms with Crippen LogP contribution in [0.15, 0.2) is 133 Å². The first kappa shape index (κ1) is 34.2. The standard InChI is InChI=1S/C46H31F3N2O4/c1-26-12-14-27(15-13-26)45(38-10-6-4-8-32(38)33-9-5-7-11-39(33)45)28-16-20-31(21-17-28)51-42(54)35-23-19-30(25-37(35)43(51)55)44(2,46(47,48)49)29-18-22-34-36(24-29)41(53)50(3)40(34)52/h4-25H,1-3H3. The van der Waals surface area contributed by atoms with Crippen LogP contribution in [0.4, 0.5) is 18.9 Å². The molecule has 9 rings (SSSR count). The zero-order valence-electron chi connectivity index (χ0n) is 29.9. The van der Waals surface area contributed by atoms with Crippen molar-refractivity contribution in [2.24, 2.45) is 0 Å². The third-order valence-corrected chi connectivity index (χ3v) is 11.7. The molecule has 2 aliphatic heterocycles. The summed E-state index contributed by atoms with van der Waals surface area (Å²) in [6.07, 6.45) is -4.89. The topological polar surface area (TPSA) is 74.8 Å². The van der Waals surface area contributed by atoms with Crippen LogP contribution in [0.25, 0.3) is 11.1 Å². The van der Waals surface area contributed by atoms with Gasteiger partial charge in [-0.2, -0.15) is 13.2 Å². The normalized spacial score (nSPS) is 16.5. The Morgan fingerprint density at radius 2 is 0.945 bits per heavy atom. The number of alkyl halides is 3. The molecule has 0 saturated heterocycles. The highest BCUT2D eigenvalue weighted by atomic mass is 19.4. The number of fused-ring (bicyclic) bond motifs is 5. The van der Waals surface area contributed by atoms with Crippen LogP contribution in [0.2, 0.25) is 0 Å². The maximum atomic E-state index is 15.1. The highest BCUT2D eigenvalue weighted by Crippen LogP contribution is 2.56. The van der Waals surface area contributed by atoms with E-state index in [2.05, 4.69) is 48.5 Å². The number of imide groups is 2. The van der Waals surface area contributed by atoms with Gasteiger partial charge in [-0.3, -0.25) is 24.1 Å². The van der Waals surface area contributed by atoms with Gasteiger partial charge in [0.2, 0.25) is 0 Å². The lowest BCUT2D eigenvalue weighted by Gasteiger charge is -2.34. The third kappa shape index (κ3) is 4.56. The first-order chi connectivity index (χ1) is 26.3. The number of anilines is 1. The van der Waals surface area contributed by atoms with E-state index in [1.807, 2.05) is 43.3 Å². The number of benzene rings is 6. The Morgan fingerprint density at radius 3 is 1.47 bits per heavy atom. The molecule has 0 saturated carbocycles. The van der Waals surface area contributed by atoms with Crippen molar-refractivity contribution in [2.45, 2.75) is 30.9 Å². The van der Waals surface area contributed by atoms with E-state index in [4.69, 9.17) is 0 Å². The van der Waals surface area contributed by atoms with Crippen LogP contribution in [-0.2, 0) is 10.8 Å². The largest absolute Gasteiger partial charge is 0.402 e. The lowest BCUT2D eigenvalue weighted by atomic mass is 9.67. The van der Waals surface area contributed by atoms with E-state index < -0.39 is 40.6 Å².